The predicted molar refractivity (Wildman–Crippen MR) is 262 cm³/mol. The van der Waals surface area contributed by atoms with Gasteiger partial charge >= 0.3 is 5.97 Å². The molecule has 0 aromatic rings. The number of Topliss-reactive ketones (excluding diaryl/α,β-unsaturated/α-hetero) is 1. The van der Waals surface area contributed by atoms with E-state index in [1.54, 1.807) is 17.7 Å². The lowest BCUT2D eigenvalue weighted by Crippen LogP contribution is -2.56. The van der Waals surface area contributed by atoms with Gasteiger partial charge in [-0.15, -0.1) is 0 Å². The second-order valence-electron chi connectivity index (χ2n) is 24.1. The molecule has 67 heavy (non-hydrogen) atoms. The highest BCUT2D eigenvalue weighted by Gasteiger charge is 2.63. The third kappa shape index (κ3) is 10.1. The zero-order valence-corrected chi connectivity index (χ0v) is 42.7. The van der Waals surface area contributed by atoms with Crippen molar-refractivity contribution in [3.63, 3.8) is 0 Å². The van der Waals surface area contributed by atoms with Crippen LogP contribution in [0.4, 0.5) is 0 Å². The van der Waals surface area contributed by atoms with Crippen LogP contribution < -0.4 is 0 Å². The van der Waals surface area contributed by atoms with Gasteiger partial charge in [-0.25, -0.2) is 4.79 Å². The monoisotopic (exact) mass is 929 g/mol. The van der Waals surface area contributed by atoms with Crippen molar-refractivity contribution in [3.8, 4) is 0 Å². The largest absolute Gasteiger partial charge is 0.456 e. The molecule has 6 saturated carbocycles. The van der Waals surface area contributed by atoms with E-state index in [1.165, 1.54) is 44.9 Å². The van der Waals surface area contributed by atoms with Crippen LogP contribution in [0, 0.1) is 86.8 Å². The minimum absolute atomic E-state index is 0.0268. The van der Waals surface area contributed by atoms with Gasteiger partial charge in [-0.05, 0) is 172 Å². The summed E-state index contributed by atoms with van der Waals surface area (Å²) in [6.07, 6.45) is 28.4. The van der Waals surface area contributed by atoms with Gasteiger partial charge in [0.25, 0.3) is 0 Å². The van der Waals surface area contributed by atoms with Crippen molar-refractivity contribution in [2.75, 3.05) is 52.9 Å². The highest BCUT2D eigenvalue weighted by molar-refractivity contribution is 6.01. The first kappa shape index (κ1) is 50.9. The number of carbonyl (C=O) groups excluding carboxylic acids is 3. The van der Waals surface area contributed by atoms with Crippen molar-refractivity contribution in [2.24, 2.45) is 86.8 Å². The zero-order chi connectivity index (χ0) is 47.7. The van der Waals surface area contributed by atoms with E-state index in [2.05, 4.69) is 73.6 Å². The number of rotatable bonds is 20. The number of allylic oxidation sites excluding steroid dienone is 7. The third-order valence-corrected chi connectivity index (χ3v) is 20.6. The average molecular weight is 929 g/mol. The normalized spacial score (nSPS) is 40.8. The quantitative estimate of drug-likeness (QED) is 0.0723. The van der Waals surface area contributed by atoms with Crippen molar-refractivity contribution in [3.05, 3.63) is 47.6 Å². The van der Waals surface area contributed by atoms with E-state index < -0.39 is 12.1 Å². The van der Waals surface area contributed by atoms with Crippen LogP contribution >= 0.6 is 0 Å². The summed E-state index contributed by atoms with van der Waals surface area (Å²) in [5.41, 5.74) is 2.89. The second kappa shape index (κ2) is 21.1. The molecule has 0 heterocycles. The number of fused-ring (bicyclic) bond motifs is 10. The Balaban J connectivity index is 0.671. The van der Waals surface area contributed by atoms with E-state index in [1.807, 2.05) is 6.08 Å². The maximum absolute atomic E-state index is 13.5. The highest BCUT2D eigenvalue weighted by Crippen LogP contribution is 2.68. The number of ketones is 2. The smallest absolute Gasteiger partial charge is 0.332 e. The Morgan fingerprint density at radius 1 is 0.791 bits per heavy atom. The summed E-state index contributed by atoms with van der Waals surface area (Å²) in [5, 5.41) is 11.6. The van der Waals surface area contributed by atoms with E-state index in [0.29, 0.717) is 74.0 Å². The lowest BCUT2D eigenvalue weighted by molar-refractivity contribution is -0.157. The molecule has 374 valence electrons. The number of hydrogen-bond acceptors (Lipinski definition) is 9. The first-order valence-corrected chi connectivity index (χ1v) is 27.1. The number of hydrogen-bond donors (Lipinski definition) is 1. The van der Waals surface area contributed by atoms with Gasteiger partial charge in [-0.2, -0.15) is 0 Å². The molecule has 8 rings (SSSR count). The fraction of sp³-hybridized carbons (Fsp3) is 0.810. The first-order chi connectivity index (χ1) is 32.0. The number of esters is 1. The SMILES string of the molecule is CC[C@H](/C=C/[C@@H](C)[C@H]1CC[C@H]2[C@@H]3CC=C4C[C@@H](OCCOCCOCCOCC(=O)OCC(=O)[C@H]5CC[C@H]6[C@@H]7CCC8=CC(=O)C=C[C@]8(C)[C@H]7[C@@H](O)C[C@]56C)CC[C@]4(C)[C@H]3CC[C@]12C)C(C)C. The molecule has 0 spiro atoms. The molecule has 0 unspecified atom stereocenters. The maximum Gasteiger partial charge on any atom is 0.332 e. The maximum atomic E-state index is 13.5. The molecular formula is C58H88O9. The van der Waals surface area contributed by atoms with Gasteiger partial charge in [0, 0.05) is 17.3 Å². The molecule has 0 aliphatic heterocycles. The number of ether oxygens (including phenoxy) is 5. The van der Waals surface area contributed by atoms with Gasteiger partial charge in [0.15, 0.2) is 11.6 Å². The summed E-state index contributed by atoms with van der Waals surface area (Å²) < 4.78 is 28.8. The highest BCUT2D eigenvalue weighted by atomic mass is 16.6. The van der Waals surface area contributed by atoms with Crippen LogP contribution in [-0.4, -0.2) is 87.7 Å². The van der Waals surface area contributed by atoms with E-state index in [-0.39, 0.29) is 66.1 Å². The van der Waals surface area contributed by atoms with Crippen LogP contribution in [0.1, 0.15) is 145 Å². The van der Waals surface area contributed by atoms with Gasteiger partial charge in [0.1, 0.15) is 13.2 Å². The number of aliphatic hydroxyl groups excluding tert-OH is 1. The van der Waals surface area contributed by atoms with Crippen LogP contribution in [0.25, 0.3) is 0 Å². The van der Waals surface area contributed by atoms with Crippen molar-refractivity contribution < 1.29 is 43.2 Å². The van der Waals surface area contributed by atoms with Gasteiger partial charge in [0.05, 0.1) is 51.8 Å². The van der Waals surface area contributed by atoms with Gasteiger partial charge in [-0.1, -0.05) is 90.8 Å². The van der Waals surface area contributed by atoms with Crippen molar-refractivity contribution >= 4 is 17.5 Å². The van der Waals surface area contributed by atoms with Crippen molar-refractivity contribution in [1.82, 2.24) is 0 Å². The van der Waals surface area contributed by atoms with Crippen molar-refractivity contribution in [1.29, 1.82) is 0 Å². The predicted octanol–water partition coefficient (Wildman–Crippen LogP) is 10.9. The Hall–Kier alpha value is -2.43. The van der Waals surface area contributed by atoms with E-state index in [0.717, 1.165) is 67.8 Å². The summed E-state index contributed by atoms with van der Waals surface area (Å²) in [5.74, 6) is 5.09. The molecule has 6 fully saturated rings. The molecule has 1 N–H and O–H groups in total. The molecule has 0 bridgehead atoms. The third-order valence-electron chi connectivity index (χ3n) is 20.6. The van der Waals surface area contributed by atoms with Crippen LogP contribution in [0.3, 0.4) is 0 Å². The minimum atomic E-state index is -0.572. The molecule has 0 amide bonds. The topological polar surface area (TPSA) is 118 Å². The standard InChI is InChI=1S/C58H88O9/c1-9-39(37(2)3)11-10-38(4)46-16-17-47-44-14-12-41-33-43(21-24-55(41,5)49(44)22-25-57(46,47)7)66-31-30-64-27-26-63-28-29-65-36-53(62)67-35-52(61)50-19-18-48-45-15-13-40-32-42(59)20-23-56(40,6)54(45)51(60)34-58(48,50)8/h10-12,20,23,32,37-39,43-51,54,60H,9,13-19,21-22,24-31,33-36H2,1-8H3/b11-10+/t38-,39-,43+,44+,45+,46-,47+,48+,49+,50-,51+,54-,55+,56+,57-,58+/m1/s1. The summed E-state index contributed by atoms with van der Waals surface area (Å²) >= 11 is 0. The Bertz CT molecular complexity index is 1900. The molecule has 16 atom stereocenters. The molecular weight excluding hydrogens is 841 g/mol. The summed E-state index contributed by atoms with van der Waals surface area (Å²) in [4.78, 5) is 38.2. The Kier molecular flexibility index (Phi) is 16.1. The average Bonchev–Trinajstić information content (AvgIpc) is 3.84. The lowest BCUT2D eigenvalue weighted by atomic mass is 9.46. The van der Waals surface area contributed by atoms with Crippen LogP contribution in [-0.2, 0) is 38.1 Å². The fourth-order valence-electron chi connectivity index (χ4n) is 17.0. The van der Waals surface area contributed by atoms with E-state index in [4.69, 9.17) is 23.7 Å². The molecule has 0 radical (unpaired) electrons. The van der Waals surface area contributed by atoms with Crippen LogP contribution in [0.15, 0.2) is 47.6 Å². The molecule has 8 aliphatic rings. The van der Waals surface area contributed by atoms with Crippen LogP contribution in [0.5, 0.6) is 0 Å². The molecule has 9 heteroatoms. The second-order valence-corrected chi connectivity index (χ2v) is 24.1. The molecule has 9 nitrogen and oxygen atoms in total. The summed E-state index contributed by atoms with van der Waals surface area (Å²) in [6.45, 7) is 21.2. The van der Waals surface area contributed by atoms with Crippen LogP contribution in [0.2, 0.25) is 0 Å². The fourth-order valence-corrected chi connectivity index (χ4v) is 17.0. The lowest BCUT2D eigenvalue weighted by Gasteiger charge is -2.58. The first-order valence-electron chi connectivity index (χ1n) is 27.1. The minimum Gasteiger partial charge on any atom is -0.456 e. The van der Waals surface area contributed by atoms with E-state index >= 15 is 0 Å². The van der Waals surface area contributed by atoms with Gasteiger partial charge in [-0.3, -0.25) is 9.59 Å². The molecule has 8 aliphatic carbocycles. The molecule has 0 saturated heterocycles. The van der Waals surface area contributed by atoms with Gasteiger partial charge in [0.2, 0.25) is 0 Å². The Morgan fingerprint density at radius 2 is 1.51 bits per heavy atom. The molecule has 0 aromatic carbocycles. The zero-order valence-electron chi connectivity index (χ0n) is 42.7. The van der Waals surface area contributed by atoms with Crippen molar-refractivity contribution in [2.45, 2.75) is 157 Å². The van der Waals surface area contributed by atoms with E-state index in [9.17, 15) is 19.5 Å². The Labute approximate surface area is 404 Å². The molecule has 0 aromatic heterocycles. The van der Waals surface area contributed by atoms with Gasteiger partial charge < -0.3 is 28.8 Å². The number of aliphatic hydroxyl groups is 1. The number of carbonyl (C=O) groups is 3. The summed E-state index contributed by atoms with van der Waals surface area (Å²) in [6, 6.07) is 0. The Morgan fingerprint density at radius 3 is 2.25 bits per heavy atom. The summed E-state index contributed by atoms with van der Waals surface area (Å²) in [7, 11) is 0.